The summed E-state index contributed by atoms with van der Waals surface area (Å²) in [6.07, 6.45) is 2.11. The van der Waals surface area contributed by atoms with E-state index in [0.29, 0.717) is 0 Å². The summed E-state index contributed by atoms with van der Waals surface area (Å²) < 4.78 is 0. The number of nitrogens with one attached hydrogen (secondary N) is 2. The Morgan fingerprint density at radius 1 is 1.60 bits per heavy atom. The first-order chi connectivity index (χ1) is 7.26. The molecule has 2 N–H and O–H groups in total. The second-order valence-electron chi connectivity index (χ2n) is 3.24. The summed E-state index contributed by atoms with van der Waals surface area (Å²) in [6.45, 7) is 2.95. The summed E-state index contributed by atoms with van der Waals surface area (Å²) in [6, 6.07) is 0. The molecule has 0 saturated carbocycles. The van der Waals surface area contributed by atoms with Crippen LogP contribution in [0.3, 0.4) is 0 Å². The van der Waals surface area contributed by atoms with Gasteiger partial charge in [-0.15, -0.1) is 11.3 Å². The van der Waals surface area contributed by atoms with Crippen LogP contribution in [0.2, 0.25) is 0 Å². The van der Waals surface area contributed by atoms with Gasteiger partial charge in [0, 0.05) is 38.1 Å². The summed E-state index contributed by atoms with van der Waals surface area (Å²) in [4.78, 5) is 8.45. The third-order valence-electron chi connectivity index (χ3n) is 1.99. The Hall–Kier alpha value is -1.10. The van der Waals surface area contributed by atoms with E-state index in [1.807, 2.05) is 14.0 Å². The molecule has 0 saturated heterocycles. The van der Waals surface area contributed by atoms with E-state index in [0.717, 1.165) is 31.0 Å². The Balaban J connectivity index is 2.17. The molecule has 1 rings (SSSR count). The van der Waals surface area contributed by atoms with Crippen LogP contribution in [0.1, 0.15) is 17.1 Å². The fraction of sp³-hybridized carbons (Fsp3) is 0.600. The molecule has 0 bridgehead atoms. The van der Waals surface area contributed by atoms with Crippen molar-refractivity contribution in [1.29, 1.82) is 0 Å². The van der Waals surface area contributed by atoms with Gasteiger partial charge in [0.05, 0.1) is 5.01 Å². The predicted octanol–water partition coefficient (Wildman–Crippen LogP) is 1.18. The van der Waals surface area contributed by atoms with Crippen molar-refractivity contribution in [3.63, 3.8) is 0 Å². The second-order valence-corrected chi connectivity index (χ2v) is 4.18. The van der Waals surface area contributed by atoms with Crippen molar-refractivity contribution in [3.8, 4) is 0 Å². The lowest BCUT2D eigenvalue weighted by molar-refractivity contribution is 0.754. The molecule has 0 aliphatic heterocycles. The molecule has 0 fully saturated rings. The predicted molar refractivity (Wildman–Crippen MR) is 65.6 cm³/mol. The van der Waals surface area contributed by atoms with Crippen LogP contribution in [0.15, 0.2) is 10.4 Å². The van der Waals surface area contributed by atoms with Gasteiger partial charge in [0.15, 0.2) is 5.96 Å². The topological polar surface area (TPSA) is 49.3 Å². The molecule has 0 amide bonds. The second kappa shape index (κ2) is 6.40. The van der Waals surface area contributed by atoms with Crippen LogP contribution >= 0.6 is 11.3 Å². The Morgan fingerprint density at radius 3 is 2.93 bits per heavy atom. The van der Waals surface area contributed by atoms with Crippen LogP contribution in [0.4, 0.5) is 0 Å². The lowest BCUT2D eigenvalue weighted by Gasteiger charge is -2.06. The monoisotopic (exact) mass is 226 g/mol. The first-order valence-corrected chi connectivity index (χ1v) is 5.93. The number of hydrogen-bond acceptors (Lipinski definition) is 3. The van der Waals surface area contributed by atoms with E-state index in [1.54, 1.807) is 18.4 Å². The van der Waals surface area contributed by atoms with Gasteiger partial charge in [-0.2, -0.15) is 0 Å². The minimum Gasteiger partial charge on any atom is -0.359 e. The molecule has 0 aliphatic rings. The molecular weight excluding hydrogens is 208 g/mol. The molecule has 0 spiro atoms. The average Bonchev–Trinajstić information content (AvgIpc) is 2.65. The fourth-order valence-corrected chi connectivity index (χ4v) is 2.06. The van der Waals surface area contributed by atoms with Crippen LogP contribution < -0.4 is 10.6 Å². The number of rotatable bonds is 4. The van der Waals surface area contributed by atoms with E-state index < -0.39 is 0 Å². The largest absolute Gasteiger partial charge is 0.359 e. The van der Waals surface area contributed by atoms with Gasteiger partial charge in [-0.3, -0.25) is 4.99 Å². The summed E-state index contributed by atoms with van der Waals surface area (Å²) in [5, 5.41) is 9.50. The molecule has 0 atom stereocenters. The van der Waals surface area contributed by atoms with Crippen molar-refractivity contribution in [2.24, 2.45) is 4.99 Å². The Morgan fingerprint density at radius 2 is 2.40 bits per heavy atom. The maximum Gasteiger partial charge on any atom is 0.190 e. The molecule has 0 aliphatic carbocycles. The number of aliphatic imine (C=N–C) groups is 1. The van der Waals surface area contributed by atoms with Crippen LogP contribution in [0, 0.1) is 6.92 Å². The van der Waals surface area contributed by atoms with Gasteiger partial charge in [0.1, 0.15) is 0 Å². The van der Waals surface area contributed by atoms with E-state index >= 15 is 0 Å². The van der Waals surface area contributed by atoms with Gasteiger partial charge in [-0.05, 0) is 13.3 Å². The molecule has 0 aromatic carbocycles. The zero-order valence-electron chi connectivity index (χ0n) is 9.50. The Bertz CT molecular complexity index is 319. The minimum atomic E-state index is 0.838. The van der Waals surface area contributed by atoms with E-state index in [-0.39, 0.29) is 0 Å². The van der Waals surface area contributed by atoms with Gasteiger partial charge in [0.25, 0.3) is 0 Å². The van der Waals surface area contributed by atoms with Crippen LogP contribution in [0.5, 0.6) is 0 Å². The molecular formula is C10H18N4S. The Kier molecular flexibility index (Phi) is 5.10. The van der Waals surface area contributed by atoms with Crippen LogP contribution in [-0.2, 0) is 6.42 Å². The summed E-state index contributed by atoms with van der Waals surface area (Å²) in [5.74, 6) is 0.838. The highest BCUT2D eigenvalue weighted by Gasteiger charge is 1.98. The number of guanidine groups is 1. The molecule has 1 aromatic heterocycles. The highest BCUT2D eigenvalue weighted by atomic mass is 32.1. The molecule has 1 heterocycles. The van der Waals surface area contributed by atoms with Gasteiger partial charge in [-0.1, -0.05) is 0 Å². The zero-order chi connectivity index (χ0) is 11.1. The Labute approximate surface area is 94.8 Å². The van der Waals surface area contributed by atoms with Gasteiger partial charge in [-0.25, -0.2) is 4.98 Å². The van der Waals surface area contributed by atoms with Crippen molar-refractivity contribution in [2.75, 3.05) is 20.6 Å². The van der Waals surface area contributed by atoms with E-state index in [1.165, 1.54) is 5.01 Å². The number of aromatic nitrogens is 1. The SMILES string of the molecule is CN=C(NC)NCCCc1nc(C)cs1. The van der Waals surface area contributed by atoms with E-state index in [2.05, 4.69) is 26.0 Å². The first kappa shape index (κ1) is 12.0. The van der Waals surface area contributed by atoms with Crippen molar-refractivity contribution in [2.45, 2.75) is 19.8 Å². The van der Waals surface area contributed by atoms with Crippen LogP contribution in [0.25, 0.3) is 0 Å². The third kappa shape index (κ3) is 4.29. The normalized spacial score (nSPS) is 11.5. The average molecular weight is 226 g/mol. The number of nitrogens with zero attached hydrogens (tertiary/aromatic N) is 2. The lowest BCUT2D eigenvalue weighted by Crippen LogP contribution is -2.35. The zero-order valence-corrected chi connectivity index (χ0v) is 10.3. The number of hydrogen-bond donors (Lipinski definition) is 2. The third-order valence-corrected chi connectivity index (χ3v) is 3.01. The summed E-state index contributed by atoms with van der Waals surface area (Å²) in [7, 11) is 3.63. The van der Waals surface area contributed by atoms with E-state index in [9.17, 15) is 0 Å². The molecule has 15 heavy (non-hydrogen) atoms. The molecule has 0 unspecified atom stereocenters. The van der Waals surface area contributed by atoms with Crippen LogP contribution in [-0.4, -0.2) is 31.6 Å². The quantitative estimate of drug-likeness (QED) is 0.460. The smallest absolute Gasteiger partial charge is 0.190 e. The lowest BCUT2D eigenvalue weighted by atomic mass is 10.3. The van der Waals surface area contributed by atoms with Crippen molar-refractivity contribution in [3.05, 3.63) is 16.1 Å². The van der Waals surface area contributed by atoms with Crippen molar-refractivity contribution < 1.29 is 0 Å². The number of thiazole rings is 1. The molecule has 0 radical (unpaired) electrons. The molecule has 4 nitrogen and oxygen atoms in total. The summed E-state index contributed by atoms with van der Waals surface area (Å²) in [5.41, 5.74) is 1.12. The standard InChI is InChI=1S/C10H18N4S/c1-8-7-15-9(14-8)5-4-6-13-10(11-2)12-3/h7H,4-6H2,1-3H3,(H2,11,12,13). The molecule has 1 aromatic rings. The van der Waals surface area contributed by atoms with Crippen molar-refractivity contribution >= 4 is 17.3 Å². The highest BCUT2D eigenvalue weighted by Crippen LogP contribution is 2.10. The maximum absolute atomic E-state index is 4.41. The molecule has 5 heteroatoms. The minimum absolute atomic E-state index is 0.838. The first-order valence-electron chi connectivity index (χ1n) is 5.05. The van der Waals surface area contributed by atoms with Crippen molar-refractivity contribution in [1.82, 2.24) is 15.6 Å². The van der Waals surface area contributed by atoms with Gasteiger partial charge in [0.2, 0.25) is 0 Å². The van der Waals surface area contributed by atoms with Gasteiger partial charge < -0.3 is 10.6 Å². The summed E-state index contributed by atoms with van der Waals surface area (Å²) >= 11 is 1.74. The molecule has 84 valence electrons. The number of aryl methyl sites for hydroxylation is 2. The highest BCUT2D eigenvalue weighted by molar-refractivity contribution is 7.09. The van der Waals surface area contributed by atoms with E-state index in [4.69, 9.17) is 0 Å². The van der Waals surface area contributed by atoms with Gasteiger partial charge >= 0.3 is 0 Å². The fourth-order valence-electron chi connectivity index (χ4n) is 1.24. The maximum atomic E-state index is 4.41.